The molecule has 1 heterocycles. The molecular formula is C15H19Cl2N3O2S. The fourth-order valence-corrected chi connectivity index (χ4v) is 2.87. The first-order chi connectivity index (χ1) is 10.6. The minimum absolute atomic E-state index is 0. The molecule has 8 heteroatoms. The van der Waals surface area contributed by atoms with E-state index in [-0.39, 0.29) is 30.8 Å². The van der Waals surface area contributed by atoms with Crippen LogP contribution < -0.4 is 10.5 Å². The molecule has 1 aromatic heterocycles. The third kappa shape index (κ3) is 5.75. The van der Waals surface area contributed by atoms with Crippen molar-refractivity contribution in [2.24, 2.45) is 10.7 Å². The number of rotatable bonds is 6. The lowest BCUT2D eigenvalue weighted by Gasteiger charge is -2.09. The molecule has 0 spiro atoms. The van der Waals surface area contributed by atoms with Crippen LogP contribution in [0.3, 0.4) is 0 Å². The van der Waals surface area contributed by atoms with Crippen LogP contribution in [0.15, 0.2) is 40.8 Å². The second-order valence-corrected chi connectivity index (χ2v) is 5.99. The zero-order valence-corrected chi connectivity index (χ0v) is 15.0. The molecule has 2 N–H and O–H groups in total. The maximum Gasteiger partial charge on any atom is 0.250 e. The highest BCUT2D eigenvalue weighted by Gasteiger charge is 2.11. The van der Waals surface area contributed by atoms with Crippen LogP contribution in [0, 0.1) is 0 Å². The molecule has 126 valence electrons. The Morgan fingerprint density at radius 1 is 1.48 bits per heavy atom. The minimum Gasteiger partial charge on any atom is -0.380 e. The van der Waals surface area contributed by atoms with Crippen LogP contribution in [0.2, 0.25) is 5.02 Å². The summed E-state index contributed by atoms with van der Waals surface area (Å²) in [6, 6.07) is 7.61. The van der Waals surface area contributed by atoms with Crippen LogP contribution in [-0.4, -0.2) is 30.2 Å². The third-order valence-electron chi connectivity index (χ3n) is 3.18. The fourth-order valence-electron chi connectivity index (χ4n) is 1.93. The van der Waals surface area contributed by atoms with Gasteiger partial charge in [0, 0.05) is 30.3 Å². The topological polar surface area (TPSA) is 69.6 Å². The second kappa shape index (κ2) is 9.85. The Balaban J connectivity index is 0.00000264. The van der Waals surface area contributed by atoms with Crippen molar-refractivity contribution >= 4 is 41.3 Å². The lowest BCUT2D eigenvalue weighted by Crippen LogP contribution is -2.26. The van der Waals surface area contributed by atoms with Crippen LogP contribution in [0.4, 0.5) is 0 Å². The van der Waals surface area contributed by atoms with Gasteiger partial charge in [0.25, 0.3) is 5.91 Å². The highest BCUT2D eigenvalue weighted by Crippen LogP contribution is 2.15. The summed E-state index contributed by atoms with van der Waals surface area (Å²) in [6.07, 6.45) is 1.77. The van der Waals surface area contributed by atoms with E-state index in [1.54, 1.807) is 0 Å². The predicted octanol–water partition coefficient (Wildman–Crippen LogP) is 2.46. The van der Waals surface area contributed by atoms with Crippen molar-refractivity contribution in [3.63, 3.8) is 0 Å². The van der Waals surface area contributed by atoms with Gasteiger partial charge in [-0.25, -0.2) is 0 Å². The molecule has 23 heavy (non-hydrogen) atoms. The lowest BCUT2D eigenvalue weighted by molar-refractivity contribution is -0.120. The van der Waals surface area contributed by atoms with Gasteiger partial charge in [-0.15, -0.1) is 23.7 Å². The maximum absolute atomic E-state index is 12.0. The number of aromatic nitrogens is 1. The van der Waals surface area contributed by atoms with Gasteiger partial charge < -0.3 is 15.0 Å². The van der Waals surface area contributed by atoms with E-state index in [1.807, 2.05) is 40.4 Å². The number of hydrogen-bond donors (Lipinski definition) is 1. The van der Waals surface area contributed by atoms with E-state index >= 15 is 0 Å². The van der Waals surface area contributed by atoms with Gasteiger partial charge in [0.05, 0.1) is 19.1 Å². The van der Waals surface area contributed by atoms with E-state index in [1.165, 1.54) is 18.4 Å². The molecule has 0 aliphatic heterocycles. The van der Waals surface area contributed by atoms with Crippen molar-refractivity contribution in [2.45, 2.75) is 19.1 Å². The number of benzene rings is 1. The third-order valence-corrected chi connectivity index (χ3v) is 4.34. The monoisotopic (exact) mass is 375 g/mol. The molecule has 0 radical (unpaired) electrons. The van der Waals surface area contributed by atoms with Crippen molar-refractivity contribution in [3.05, 3.63) is 51.2 Å². The molecule has 1 unspecified atom stereocenters. The fraction of sp³-hybridized carbons (Fsp3) is 0.333. The van der Waals surface area contributed by atoms with Gasteiger partial charge in [0.1, 0.15) is 0 Å². The summed E-state index contributed by atoms with van der Waals surface area (Å²) in [5.74, 6) is -0.243. The number of carbonyl (C=O) groups is 1. The summed E-state index contributed by atoms with van der Waals surface area (Å²) in [6.45, 7) is 0.863. The zero-order chi connectivity index (χ0) is 15.9. The maximum atomic E-state index is 12.0. The lowest BCUT2D eigenvalue weighted by atomic mass is 10.2. The first-order valence-electron chi connectivity index (χ1n) is 6.81. The molecule has 0 saturated heterocycles. The molecule has 0 saturated carbocycles. The number of hydrogen-bond acceptors (Lipinski definition) is 4. The molecular weight excluding hydrogens is 357 g/mol. The molecule has 2 aromatic rings. The molecule has 0 bridgehead atoms. The van der Waals surface area contributed by atoms with Crippen molar-refractivity contribution in [2.75, 3.05) is 13.7 Å². The molecule has 0 aliphatic carbocycles. The number of methoxy groups -OCH3 is 1. The van der Waals surface area contributed by atoms with Crippen molar-refractivity contribution < 1.29 is 9.53 Å². The summed E-state index contributed by atoms with van der Waals surface area (Å²) >= 11 is 7.57. The quantitative estimate of drug-likeness (QED) is 0.842. The smallest absolute Gasteiger partial charge is 0.250 e. The summed E-state index contributed by atoms with van der Waals surface area (Å²) in [7, 11) is 1.54. The number of carbonyl (C=O) groups excluding carboxylic acids is 1. The van der Waals surface area contributed by atoms with Crippen LogP contribution in [-0.2, 0) is 16.1 Å². The predicted molar refractivity (Wildman–Crippen MR) is 95.1 cm³/mol. The Morgan fingerprint density at radius 2 is 2.22 bits per heavy atom. The Morgan fingerprint density at radius 3 is 2.87 bits per heavy atom. The molecule has 1 aromatic carbocycles. The number of thiazole rings is 1. The Kier molecular flexibility index (Phi) is 8.51. The highest BCUT2D eigenvalue weighted by atomic mass is 35.5. The van der Waals surface area contributed by atoms with Gasteiger partial charge in [0.2, 0.25) is 0 Å². The van der Waals surface area contributed by atoms with Gasteiger partial charge in [-0.3, -0.25) is 4.79 Å². The van der Waals surface area contributed by atoms with Gasteiger partial charge >= 0.3 is 0 Å². The van der Waals surface area contributed by atoms with Crippen LogP contribution in [0.5, 0.6) is 0 Å². The second-order valence-electron chi connectivity index (χ2n) is 4.71. The van der Waals surface area contributed by atoms with Crippen LogP contribution in [0.25, 0.3) is 0 Å². The minimum atomic E-state index is -0.298. The molecule has 0 fully saturated rings. The van der Waals surface area contributed by atoms with E-state index < -0.39 is 0 Å². The molecule has 1 amide bonds. The van der Waals surface area contributed by atoms with E-state index in [2.05, 4.69) is 4.99 Å². The molecule has 1 atom stereocenters. The molecule has 2 rings (SSSR count). The van der Waals surface area contributed by atoms with Gasteiger partial charge in [-0.05, 0) is 11.6 Å². The normalized spacial score (nSPS) is 12.7. The average molecular weight is 376 g/mol. The van der Waals surface area contributed by atoms with E-state index in [0.29, 0.717) is 22.9 Å². The summed E-state index contributed by atoms with van der Waals surface area (Å²) in [5, 5.41) is 2.58. The van der Waals surface area contributed by atoms with Crippen LogP contribution in [0.1, 0.15) is 12.0 Å². The first-order valence-corrected chi connectivity index (χ1v) is 8.07. The summed E-state index contributed by atoms with van der Waals surface area (Å²) in [4.78, 5) is 16.8. The Labute approximate surface area is 150 Å². The zero-order valence-electron chi connectivity index (χ0n) is 12.6. The van der Waals surface area contributed by atoms with Gasteiger partial charge in [-0.1, -0.05) is 29.8 Å². The number of amides is 1. The number of nitrogens with zero attached hydrogens (tertiary/aromatic N) is 2. The Bertz CT molecular complexity index is 696. The highest BCUT2D eigenvalue weighted by molar-refractivity contribution is 7.07. The first kappa shape index (κ1) is 19.9. The van der Waals surface area contributed by atoms with Crippen LogP contribution >= 0.6 is 35.3 Å². The standard InChI is InChI=1S/C15H18ClN3O2S.ClH/c1-21-12(9-17)8-14(20)18-15-19(6-7-22-15)10-11-4-2-3-5-13(11)16;/h2-7,12H,8-10,17H2,1H3;1H. The van der Waals surface area contributed by atoms with Gasteiger partial charge in [-0.2, -0.15) is 4.99 Å². The van der Waals surface area contributed by atoms with E-state index in [9.17, 15) is 4.79 Å². The van der Waals surface area contributed by atoms with Crippen molar-refractivity contribution in [1.29, 1.82) is 0 Å². The number of halogens is 2. The summed E-state index contributed by atoms with van der Waals surface area (Å²) < 4.78 is 7.00. The number of nitrogens with two attached hydrogens (primary N) is 1. The SMILES string of the molecule is COC(CN)CC(=O)N=c1sccn1Cc1ccccc1Cl.Cl. The summed E-state index contributed by atoms with van der Waals surface area (Å²) in [5.41, 5.74) is 6.50. The van der Waals surface area contributed by atoms with Crippen molar-refractivity contribution in [1.82, 2.24) is 4.57 Å². The largest absolute Gasteiger partial charge is 0.380 e. The average Bonchev–Trinajstić information content (AvgIpc) is 2.94. The molecule has 5 nitrogen and oxygen atoms in total. The van der Waals surface area contributed by atoms with E-state index in [0.717, 1.165) is 5.56 Å². The molecule has 0 aliphatic rings. The van der Waals surface area contributed by atoms with Gasteiger partial charge in [0.15, 0.2) is 4.80 Å². The van der Waals surface area contributed by atoms with Crippen molar-refractivity contribution in [3.8, 4) is 0 Å². The number of ether oxygens (including phenoxy) is 1. The Hall–Kier alpha value is -1.18. The van der Waals surface area contributed by atoms with E-state index in [4.69, 9.17) is 22.1 Å².